The van der Waals surface area contributed by atoms with E-state index < -0.39 is 11.9 Å². The second-order valence-electron chi connectivity index (χ2n) is 4.59. The minimum absolute atomic E-state index is 0.167. The SMILES string of the molecule is Cc1cc(Cl)c(C(=O)Nc2ccc(C(=O)O)cc2C)cn1. The molecule has 0 aliphatic carbocycles. The van der Waals surface area contributed by atoms with Crippen LogP contribution >= 0.6 is 11.6 Å². The molecule has 2 rings (SSSR count). The molecule has 0 spiro atoms. The van der Waals surface area contributed by atoms with Crippen LogP contribution in [0.5, 0.6) is 0 Å². The van der Waals surface area contributed by atoms with E-state index in [9.17, 15) is 9.59 Å². The highest BCUT2D eigenvalue weighted by atomic mass is 35.5. The van der Waals surface area contributed by atoms with Gasteiger partial charge in [-0.25, -0.2) is 4.79 Å². The van der Waals surface area contributed by atoms with E-state index in [1.165, 1.54) is 18.3 Å². The Bertz CT molecular complexity index is 729. The number of anilines is 1. The van der Waals surface area contributed by atoms with E-state index in [1.807, 2.05) is 0 Å². The third kappa shape index (κ3) is 3.38. The van der Waals surface area contributed by atoms with Gasteiger partial charge in [0.1, 0.15) is 0 Å². The van der Waals surface area contributed by atoms with Gasteiger partial charge in [0.15, 0.2) is 0 Å². The predicted octanol–water partition coefficient (Wildman–Crippen LogP) is 3.30. The van der Waals surface area contributed by atoms with Crippen LogP contribution in [-0.4, -0.2) is 22.0 Å². The van der Waals surface area contributed by atoms with Crippen molar-refractivity contribution in [2.75, 3.05) is 5.32 Å². The maximum atomic E-state index is 12.2. The van der Waals surface area contributed by atoms with Crippen molar-refractivity contribution in [3.63, 3.8) is 0 Å². The Balaban J connectivity index is 2.25. The van der Waals surface area contributed by atoms with Gasteiger partial charge in [0.2, 0.25) is 0 Å². The molecule has 0 saturated heterocycles. The first-order valence-electron chi connectivity index (χ1n) is 6.16. The van der Waals surface area contributed by atoms with Crippen molar-refractivity contribution in [2.45, 2.75) is 13.8 Å². The number of aryl methyl sites for hydroxylation is 2. The number of rotatable bonds is 3. The number of hydrogen-bond donors (Lipinski definition) is 2. The number of carboxylic acids is 1. The highest BCUT2D eigenvalue weighted by Gasteiger charge is 2.13. The van der Waals surface area contributed by atoms with Gasteiger partial charge in [-0.15, -0.1) is 0 Å². The van der Waals surface area contributed by atoms with E-state index in [2.05, 4.69) is 10.3 Å². The Morgan fingerprint density at radius 3 is 2.52 bits per heavy atom. The lowest BCUT2D eigenvalue weighted by Gasteiger charge is -2.10. The number of amides is 1. The minimum Gasteiger partial charge on any atom is -0.478 e. The average Bonchev–Trinajstić information content (AvgIpc) is 2.40. The van der Waals surface area contributed by atoms with Crippen molar-refractivity contribution >= 4 is 29.2 Å². The van der Waals surface area contributed by atoms with Gasteiger partial charge in [-0.1, -0.05) is 11.6 Å². The molecule has 1 aromatic carbocycles. The van der Waals surface area contributed by atoms with Crippen LogP contribution in [0.1, 0.15) is 32.0 Å². The molecule has 0 saturated carbocycles. The molecule has 0 fully saturated rings. The van der Waals surface area contributed by atoms with Crippen LogP contribution < -0.4 is 5.32 Å². The van der Waals surface area contributed by atoms with Crippen molar-refractivity contribution in [1.82, 2.24) is 4.98 Å². The summed E-state index contributed by atoms with van der Waals surface area (Å²) in [6.45, 7) is 3.50. The number of carbonyl (C=O) groups excluding carboxylic acids is 1. The summed E-state index contributed by atoms with van der Waals surface area (Å²) in [5.74, 6) is -1.40. The van der Waals surface area contributed by atoms with Crippen molar-refractivity contribution < 1.29 is 14.7 Å². The maximum absolute atomic E-state index is 12.2. The standard InChI is InChI=1S/C15H13ClN2O3/c1-8-5-10(15(20)21)3-4-13(8)18-14(19)11-7-17-9(2)6-12(11)16/h3-7H,1-2H3,(H,18,19)(H,20,21). The first kappa shape index (κ1) is 15.0. The molecule has 0 atom stereocenters. The number of halogens is 1. The van der Waals surface area contributed by atoms with Crippen LogP contribution in [0.2, 0.25) is 5.02 Å². The van der Waals surface area contributed by atoms with E-state index >= 15 is 0 Å². The van der Waals surface area contributed by atoms with Gasteiger partial charge in [0, 0.05) is 17.6 Å². The Morgan fingerprint density at radius 1 is 1.24 bits per heavy atom. The Morgan fingerprint density at radius 2 is 1.95 bits per heavy atom. The summed E-state index contributed by atoms with van der Waals surface area (Å²) in [4.78, 5) is 27.1. The van der Waals surface area contributed by atoms with E-state index in [0.29, 0.717) is 16.3 Å². The van der Waals surface area contributed by atoms with E-state index in [4.69, 9.17) is 16.7 Å². The van der Waals surface area contributed by atoms with E-state index in [1.54, 1.807) is 26.0 Å². The molecule has 1 amide bonds. The van der Waals surface area contributed by atoms with Crippen LogP contribution in [0.3, 0.4) is 0 Å². The largest absolute Gasteiger partial charge is 0.478 e. The normalized spacial score (nSPS) is 10.2. The zero-order valence-corrected chi connectivity index (χ0v) is 12.2. The van der Waals surface area contributed by atoms with Crippen LogP contribution in [-0.2, 0) is 0 Å². The molecule has 2 N–H and O–H groups in total. The molecule has 108 valence electrons. The molecule has 0 aliphatic heterocycles. The summed E-state index contributed by atoms with van der Waals surface area (Å²) >= 11 is 6.02. The smallest absolute Gasteiger partial charge is 0.335 e. The van der Waals surface area contributed by atoms with Gasteiger partial charge in [0.05, 0.1) is 16.1 Å². The Kier molecular flexibility index (Phi) is 4.23. The Hall–Kier alpha value is -2.40. The van der Waals surface area contributed by atoms with E-state index in [-0.39, 0.29) is 11.1 Å². The first-order chi connectivity index (χ1) is 9.88. The maximum Gasteiger partial charge on any atom is 0.335 e. The molecular formula is C15H13ClN2O3. The summed E-state index contributed by atoms with van der Waals surface area (Å²) in [6, 6.07) is 6.08. The molecule has 0 aliphatic rings. The zero-order chi connectivity index (χ0) is 15.6. The molecule has 21 heavy (non-hydrogen) atoms. The molecule has 1 aromatic heterocycles. The lowest BCUT2D eigenvalue weighted by Crippen LogP contribution is -2.14. The monoisotopic (exact) mass is 304 g/mol. The lowest BCUT2D eigenvalue weighted by molar-refractivity contribution is 0.0696. The fraction of sp³-hybridized carbons (Fsp3) is 0.133. The second kappa shape index (κ2) is 5.93. The van der Waals surface area contributed by atoms with Gasteiger partial charge in [-0.05, 0) is 43.7 Å². The van der Waals surface area contributed by atoms with Crippen LogP contribution in [0, 0.1) is 13.8 Å². The van der Waals surface area contributed by atoms with Crippen molar-refractivity contribution in [3.05, 3.63) is 57.9 Å². The molecule has 6 heteroatoms. The number of nitrogens with one attached hydrogen (secondary N) is 1. The van der Waals surface area contributed by atoms with Crippen LogP contribution in [0.15, 0.2) is 30.5 Å². The Labute approximate surface area is 126 Å². The zero-order valence-electron chi connectivity index (χ0n) is 11.5. The fourth-order valence-electron chi connectivity index (χ4n) is 1.82. The molecule has 0 bridgehead atoms. The van der Waals surface area contributed by atoms with E-state index in [0.717, 1.165) is 5.69 Å². The minimum atomic E-state index is -1.01. The molecule has 0 radical (unpaired) electrons. The summed E-state index contributed by atoms with van der Waals surface area (Å²) in [5.41, 5.74) is 2.34. The fourth-order valence-corrected chi connectivity index (χ4v) is 2.11. The third-order valence-corrected chi connectivity index (χ3v) is 3.27. The summed E-state index contributed by atoms with van der Waals surface area (Å²) in [6.07, 6.45) is 1.41. The van der Waals surface area contributed by atoms with Gasteiger partial charge in [-0.3, -0.25) is 9.78 Å². The average molecular weight is 305 g/mol. The van der Waals surface area contributed by atoms with Gasteiger partial charge in [-0.2, -0.15) is 0 Å². The number of aromatic carboxylic acids is 1. The number of carbonyl (C=O) groups is 2. The predicted molar refractivity (Wildman–Crippen MR) is 80.1 cm³/mol. The van der Waals surface area contributed by atoms with Crippen molar-refractivity contribution in [1.29, 1.82) is 0 Å². The number of hydrogen-bond acceptors (Lipinski definition) is 3. The number of benzene rings is 1. The molecular weight excluding hydrogens is 292 g/mol. The molecule has 0 unspecified atom stereocenters. The highest BCUT2D eigenvalue weighted by Crippen LogP contribution is 2.20. The summed E-state index contributed by atoms with van der Waals surface area (Å²) in [5, 5.41) is 11.9. The van der Waals surface area contributed by atoms with Crippen LogP contribution in [0.25, 0.3) is 0 Å². The van der Waals surface area contributed by atoms with Gasteiger partial charge < -0.3 is 10.4 Å². The third-order valence-electron chi connectivity index (χ3n) is 2.96. The highest BCUT2D eigenvalue weighted by molar-refractivity contribution is 6.34. The molecule has 2 aromatic rings. The number of pyridine rings is 1. The molecule has 5 nitrogen and oxygen atoms in total. The lowest BCUT2D eigenvalue weighted by atomic mass is 10.1. The number of nitrogens with zero attached hydrogens (tertiary/aromatic N) is 1. The van der Waals surface area contributed by atoms with Crippen molar-refractivity contribution in [3.8, 4) is 0 Å². The second-order valence-corrected chi connectivity index (χ2v) is 5.00. The topological polar surface area (TPSA) is 79.3 Å². The van der Waals surface area contributed by atoms with Crippen molar-refractivity contribution in [2.24, 2.45) is 0 Å². The summed E-state index contributed by atoms with van der Waals surface area (Å²) in [7, 11) is 0. The first-order valence-corrected chi connectivity index (χ1v) is 6.53. The summed E-state index contributed by atoms with van der Waals surface area (Å²) < 4.78 is 0. The quantitative estimate of drug-likeness (QED) is 0.912. The molecule has 1 heterocycles. The van der Waals surface area contributed by atoms with Crippen LogP contribution in [0.4, 0.5) is 5.69 Å². The van der Waals surface area contributed by atoms with Gasteiger partial charge >= 0.3 is 5.97 Å². The van der Waals surface area contributed by atoms with Gasteiger partial charge in [0.25, 0.3) is 5.91 Å². The number of aromatic nitrogens is 1. The number of carboxylic acid groups (broad SMARTS) is 1.